The van der Waals surface area contributed by atoms with Crippen LogP contribution in [0.4, 0.5) is 0 Å². The number of rotatable bonds is 5. The van der Waals surface area contributed by atoms with Crippen molar-refractivity contribution in [1.29, 1.82) is 0 Å². The topological polar surface area (TPSA) is 32.3 Å². The van der Waals surface area contributed by atoms with E-state index in [9.17, 15) is 5.11 Å². The highest BCUT2D eigenvalue weighted by Gasteiger charge is 2.11. The number of nitrogens with one attached hydrogen (secondary N) is 1. The van der Waals surface area contributed by atoms with Gasteiger partial charge < -0.3 is 10.4 Å². The molecule has 0 fully saturated rings. The van der Waals surface area contributed by atoms with Crippen molar-refractivity contribution in [1.82, 2.24) is 5.32 Å². The van der Waals surface area contributed by atoms with Gasteiger partial charge in [0.25, 0.3) is 0 Å². The molecule has 1 aromatic carbocycles. The van der Waals surface area contributed by atoms with Gasteiger partial charge in [0.2, 0.25) is 0 Å². The highest BCUT2D eigenvalue weighted by atomic mass is 35.5. The summed E-state index contributed by atoms with van der Waals surface area (Å²) < 4.78 is 0. The van der Waals surface area contributed by atoms with E-state index < -0.39 is 0 Å². The predicted octanol–water partition coefficient (Wildman–Crippen LogP) is 3.88. The van der Waals surface area contributed by atoms with Gasteiger partial charge in [-0.1, -0.05) is 29.3 Å². The summed E-state index contributed by atoms with van der Waals surface area (Å²) in [6.45, 7) is 0.717. The number of hydrogen-bond donors (Lipinski definition) is 2. The molecule has 18 heavy (non-hydrogen) atoms. The molecule has 2 rings (SSSR count). The van der Waals surface area contributed by atoms with Crippen molar-refractivity contribution in [3.05, 3.63) is 56.2 Å². The molecule has 5 heteroatoms. The minimum Gasteiger partial charge on any atom is -0.394 e. The SMILES string of the molecule is OCC(NCc1cccs1)c1cc(Cl)cc(Cl)c1. The quantitative estimate of drug-likeness (QED) is 0.878. The zero-order valence-corrected chi connectivity index (χ0v) is 11.9. The molecule has 0 bridgehead atoms. The summed E-state index contributed by atoms with van der Waals surface area (Å²) >= 11 is 13.6. The lowest BCUT2D eigenvalue weighted by atomic mass is 10.1. The van der Waals surface area contributed by atoms with Gasteiger partial charge in [0.1, 0.15) is 0 Å². The smallest absolute Gasteiger partial charge is 0.0626 e. The standard InChI is InChI=1S/C13H13Cl2NOS/c14-10-4-9(5-11(15)6-10)13(8-17)16-7-12-2-1-3-18-12/h1-6,13,16-17H,7-8H2. The Morgan fingerprint density at radius 2 is 1.94 bits per heavy atom. The fourth-order valence-corrected chi connectivity index (χ4v) is 2.90. The maximum absolute atomic E-state index is 9.44. The van der Waals surface area contributed by atoms with Crippen LogP contribution < -0.4 is 5.32 Å². The predicted molar refractivity (Wildman–Crippen MR) is 77.4 cm³/mol. The van der Waals surface area contributed by atoms with Crippen LogP contribution in [0.25, 0.3) is 0 Å². The van der Waals surface area contributed by atoms with Crippen LogP contribution in [0.2, 0.25) is 10.0 Å². The van der Waals surface area contributed by atoms with E-state index in [1.54, 1.807) is 17.4 Å². The molecule has 1 unspecified atom stereocenters. The van der Waals surface area contributed by atoms with E-state index in [4.69, 9.17) is 23.2 Å². The lowest BCUT2D eigenvalue weighted by molar-refractivity contribution is 0.244. The van der Waals surface area contributed by atoms with Gasteiger partial charge in [-0.2, -0.15) is 0 Å². The van der Waals surface area contributed by atoms with E-state index >= 15 is 0 Å². The minimum atomic E-state index is -0.164. The fourth-order valence-electron chi connectivity index (χ4n) is 1.70. The van der Waals surface area contributed by atoms with E-state index in [0.29, 0.717) is 16.6 Å². The van der Waals surface area contributed by atoms with Gasteiger partial charge in [-0.15, -0.1) is 11.3 Å². The molecule has 2 N–H and O–H groups in total. The summed E-state index contributed by atoms with van der Waals surface area (Å²) in [5, 5.41) is 15.9. The van der Waals surface area contributed by atoms with Crippen LogP contribution in [0.15, 0.2) is 35.7 Å². The Labute approximate surface area is 120 Å². The second-order valence-corrected chi connectivity index (χ2v) is 5.80. The molecule has 96 valence electrons. The average Bonchev–Trinajstić information content (AvgIpc) is 2.81. The van der Waals surface area contributed by atoms with Crippen molar-refractivity contribution in [3.8, 4) is 0 Å². The maximum Gasteiger partial charge on any atom is 0.0626 e. The molecular weight excluding hydrogens is 289 g/mol. The van der Waals surface area contributed by atoms with E-state index in [2.05, 4.69) is 11.4 Å². The van der Waals surface area contributed by atoms with Crippen molar-refractivity contribution in [3.63, 3.8) is 0 Å². The van der Waals surface area contributed by atoms with Gasteiger partial charge in [-0.25, -0.2) is 0 Å². The molecule has 2 nitrogen and oxygen atoms in total. The molecule has 0 saturated heterocycles. The van der Waals surface area contributed by atoms with Gasteiger partial charge in [-0.05, 0) is 35.2 Å². The van der Waals surface area contributed by atoms with E-state index in [0.717, 1.165) is 5.56 Å². The molecule has 2 aromatic rings. The molecule has 1 atom stereocenters. The summed E-state index contributed by atoms with van der Waals surface area (Å²) in [4.78, 5) is 1.22. The zero-order chi connectivity index (χ0) is 13.0. The molecule has 0 aliphatic carbocycles. The lowest BCUT2D eigenvalue weighted by Crippen LogP contribution is -2.23. The van der Waals surface area contributed by atoms with Gasteiger partial charge in [-0.3, -0.25) is 0 Å². The van der Waals surface area contributed by atoms with Crippen molar-refractivity contribution in [2.75, 3.05) is 6.61 Å². The van der Waals surface area contributed by atoms with Crippen LogP contribution in [0, 0.1) is 0 Å². The van der Waals surface area contributed by atoms with E-state index in [1.165, 1.54) is 4.88 Å². The second-order valence-electron chi connectivity index (χ2n) is 3.90. The Bertz CT molecular complexity index is 481. The molecular formula is C13H13Cl2NOS. The van der Waals surface area contributed by atoms with Gasteiger partial charge in [0.05, 0.1) is 12.6 Å². The first-order valence-corrected chi connectivity index (χ1v) is 7.15. The third-order valence-corrected chi connectivity index (χ3v) is 3.89. The summed E-state index contributed by atoms with van der Waals surface area (Å²) in [5.41, 5.74) is 0.895. The summed E-state index contributed by atoms with van der Waals surface area (Å²) in [7, 11) is 0. The first kappa shape index (κ1) is 13.8. The number of benzene rings is 1. The van der Waals surface area contributed by atoms with Crippen LogP contribution in [0.1, 0.15) is 16.5 Å². The highest BCUT2D eigenvalue weighted by Crippen LogP contribution is 2.24. The third kappa shape index (κ3) is 3.70. The van der Waals surface area contributed by atoms with Crippen LogP contribution >= 0.6 is 34.5 Å². The van der Waals surface area contributed by atoms with Gasteiger partial charge in [0.15, 0.2) is 0 Å². The van der Waals surface area contributed by atoms with Crippen molar-refractivity contribution < 1.29 is 5.11 Å². The average molecular weight is 302 g/mol. The highest BCUT2D eigenvalue weighted by molar-refractivity contribution is 7.09. The molecule has 1 aromatic heterocycles. The second kappa shape index (κ2) is 6.55. The third-order valence-electron chi connectivity index (χ3n) is 2.57. The fraction of sp³-hybridized carbons (Fsp3) is 0.231. The monoisotopic (exact) mass is 301 g/mol. The molecule has 0 spiro atoms. The molecule has 0 amide bonds. The number of hydrogen-bond acceptors (Lipinski definition) is 3. The number of thiophene rings is 1. The van der Waals surface area contributed by atoms with Crippen molar-refractivity contribution >= 4 is 34.5 Å². The Morgan fingerprint density at radius 3 is 2.50 bits per heavy atom. The lowest BCUT2D eigenvalue weighted by Gasteiger charge is -2.17. The molecule has 0 saturated carbocycles. The molecule has 0 radical (unpaired) electrons. The van der Waals surface area contributed by atoms with E-state index in [1.807, 2.05) is 23.6 Å². The Kier molecular flexibility index (Phi) is 5.03. The van der Waals surface area contributed by atoms with Crippen LogP contribution in [0.5, 0.6) is 0 Å². The maximum atomic E-state index is 9.44. The molecule has 0 aliphatic heterocycles. The van der Waals surface area contributed by atoms with E-state index in [-0.39, 0.29) is 12.6 Å². The molecule has 1 heterocycles. The Morgan fingerprint density at radius 1 is 1.22 bits per heavy atom. The van der Waals surface area contributed by atoms with Crippen LogP contribution in [0.3, 0.4) is 0 Å². The minimum absolute atomic E-state index is 0.00203. The van der Waals surface area contributed by atoms with Crippen LogP contribution in [-0.4, -0.2) is 11.7 Å². The Balaban J connectivity index is 2.07. The summed E-state index contributed by atoms with van der Waals surface area (Å²) in [6, 6.07) is 9.21. The molecule has 0 aliphatic rings. The normalized spacial score (nSPS) is 12.6. The van der Waals surface area contributed by atoms with Crippen LogP contribution in [-0.2, 0) is 6.54 Å². The Hall–Kier alpha value is -0.580. The largest absolute Gasteiger partial charge is 0.394 e. The van der Waals surface area contributed by atoms with Crippen molar-refractivity contribution in [2.24, 2.45) is 0 Å². The summed E-state index contributed by atoms with van der Waals surface area (Å²) in [5.74, 6) is 0. The van der Waals surface area contributed by atoms with Crippen molar-refractivity contribution in [2.45, 2.75) is 12.6 Å². The number of aliphatic hydroxyl groups excluding tert-OH is 1. The summed E-state index contributed by atoms with van der Waals surface area (Å²) in [6.07, 6.45) is 0. The first-order valence-electron chi connectivity index (χ1n) is 5.51. The zero-order valence-electron chi connectivity index (χ0n) is 9.57. The number of halogens is 2. The number of aliphatic hydroxyl groups is 1. The first-order chi connectivity index (χ1) is 8.69. The van der Waals surface area contributed by atoms with Gasteiger partial charge >= 0.3 is 0 Å². The van der Waals surface area contributed by atoms with Gasteiger partial charge in [0, 0.05) is 21.5 Å².